The second-order valence-corrected chi connectivity index (χ2v) is 6.37. The second-order valence-electron chi connectivity index (χ2n) is 6.37. The first-order valence-corrected chi connectivity index (χ1v) is 8.34. The van der Waals surface area contributed by atoms with Gasteiger partial charge in [-0.05, 0) is 49.0 Å². The Bertz CT molecular complexity index is 402. The van der Waals surface area contributed by atoms with Crippen molar-refractivity contribution in [1.29, 1.82) is 0 Å². The van der Waals surface area contributed by atoms with Crippen molar-refractivity contribution in [2.45, 2.75) is 33.7 Å². The number of nitrogens with one attached hydrogen (secondary N) is 1. The topological polar surface area (TPSA) is 24.5 Å². The summed E-state index contributed by atoms with van der Waals surface area (Å²) in [5.74, 6) is 2.66. The van der Waals surface area contributed by atoms with E-state index in [0.29, 0.717) is 0 Å². The molecule has 0 radical (unpaired) electrons. The zero-order valence-electron chi connectivity index (χ0n) is 13.8. The van der Waals surface area contributed by atoms with Gasteiger partial charge in [0.15, 0.2) is 0 Å². The maximum absolute atomic E-state index is 5.86. The van der Waals surface area contributed by atoms with Crippen molar-refractivity contribution in [3.63, 3.8) is 0 Å². The molecule has 1 atom stereocenters. The van der Waals surface area contributed by atoms with Crippen LogP contribution in [-0.4, -0.2) is 37.7 Å². The minimum atomic E-state index is 0.789. The fourth-order valence-corrected chi connectivity index (χ4v) is 2.88. The molecule has 1 aromatic rings. The molecule has 1 fully saturated rings. The molecule has 1 heterocycles. The molecular weight excluding hydrogens is 260 g/mol. The van der Waals surface area contributed by atoms with E-state index in [-0.39, 0.29) is 0 Å². The molecule has 0 spiro atoms. The maximum Gasteiger partial charge on any atom is 0.119 e. The third-order valence-corrected chi connectivity index (χ3v) is 4.43. The van der Waals surface area contributed by atoms with E-state index in [9.17, 15) is 0 Å². The number of hydrogen-bond donors (Lipinski definition) is 1. The highest BCUT2D eigenvalue weighted by Gasteiger charge is 2.24. The fraction of sp³-hybridized carbons (Fsp3) is 0.667. The normalized spacial score (nSPS) is 19.3. The van der Waals surface area contributed by atoms with Crippen LogP contribution in [-0.2, 0) is 6.54 Å². The summed E-state index contributed by atoms with van der Waals surface area (Å²) >= 11 is 0. The first-order chi connectivity index (χ1) is 10.2. The predicted octanol–water partition coefficient (Wildman–Crippen LogP) is 3.15. The van der Waals surface area contributed by atoms with Gasteiger partial charge < -0.3 is 10.1 Å². The zero-order valence-corrected chi connectivity index (χ0v) is 13.8. The first-order valence-electron chi connectivity index (χ1n) is 8.34. The van der Waals surface area contributed by atoms with Crippen molar-refractivity contribution in [3.05, 3.63) is 29.8 Å². The summed E-state index contributed by atoms with van der Waals surface area (Å²) in [6.07, 6.45) is 1.34. The van der Waals surface area contributed by atoms with E-state index in [0.717, 1.165) is 43.8 Å². The Morgan fingerprint density at radius 1 is 1.29 bits per heavy atom. The van der Waals surface area contributed by atoms with Crippen LogP contribution in [0.25, 0.3) is 0 Å². The fourth-order valence-electron chi connectivity index (χ4n) is 2.88. The van der Waals surface area contributed by atoms with Gasteiger partial charge in [-0.1, -0.05) is 32.9 Å². The van der Waals surface area contributed by atoms with Crippen LogP contribution < -0.4 is 10.1 Å². The highest BCUT2D eigenvalue weighted by molar-refractivity contribution is 5.27. The summed E-state index contributed by atoms with van der Waals surface area (Å²) in [7, 11) is 0. The van der Waals surface area contributed by atoms with Crippen LogP contribution in [0.5, 0.6) is 5.75 Å². The van der Waals surface area contributed by atoms with Gasteiger partial charge >= 0.3 is 0 Å². The van der Waals surface area contributed by atoms with E-state index in [1.54, 1.807) is 0 Å². The molecule has 1 aliphatic rings. The van der Waals surface area contributed by atoms with E-state index in [1.807, 2.05) is 0 Å². The number of nitrogens with zero attached hydrogens (tertiary/aromatic N) is 1. The largest absolute Gasteiger partial charge is 0.492 e. The molecule has 3 heteroatoms. The Morgan fingerprint density at radius 2 is 2.05 bits per heavy atom. The number of likely N-dealkylation sites (tertiary alicyclic amines) is 1. The molecule has 1 aliphatic heterocycles. The molecule has 1 unspecified atom stereocenters. The molecular formula is C18H30N2O. The minimum absolute atomic E-state index is 0.789. The third-order valence-electron chi connectivity index (χ3n) is 4.43. The Balaban J connectivity index is 1.67. The van der Waals surface area contributed by atoms with Gasteiger partial charge in [0, 0.05) is 19.6 Å². The quantitative estimate of drug-likeness (QED) is 0.796. The van der Waals surface area contributed by atoms with Crippen LogP contribution in [0.4, 0.5) is 0 Å². The van der Waals surface area contributed by atoms with Gasteiger partial charge in [-0.2, -0.15) is 0 Å². The molecule has 118 valence electrons. The van der Waals surface area contributed by atoms with Gasteiger partial charge in [-0.25, -0.2) is 0 Å². The zero-order chi connectivity index (χ0) is 15.1. The third kappa shape index (κ3) is 5.33. The Hall–Kier alpha value is -1.06. The van der Waals surface area contributed by atoms with Crippen molar-refractivity contribution in [1.82, 2.24) is 10.2 Å². The molecule has 0 bridgehead atoms. The Kier molecular flexibility index (Phi) is 6.52. The lowest BCUT2D eigenvalue weighted by Crippen LogP contribution is -2.27. The molecule has 0 saturated carbocycles. The summed E-state index contributed by atoms with van der Waals surface area (Å²) in [5, 5.41) is 3.33. The molecule has 0 aromatic heterocycles. The smallest absolute Gasteiger partial charge is 0.119 e. The molecule has 1 saturated heterocycles. The van der Waals surface area contributed by atoms with Crippen molar-refractivity contribution in [3.8, 4) is 5.75 Å². The highest BCUT2D eigenvalue weighted by atomic mass is 16.5. The van der Waals surface area contributed by atoms with E-state index >= 15 is 0 Å². The van der Waals surface area contributed by atoms with E-state index < -0.39 is 0 Å². The summed E-state index contributed by atoms with van der Waals surface area (Å²) in [5.41, 5.74) is 1.31. The highest BCUT2D eigenvalue weighted by Crippen LogP contribution is 2.23. The first kappa shape index (κ1) is 16.3. The Labute approximate surface area is 129 Å². The average molecular weight is 290 g/mol. The number of ether oxygens (including phenoxy) is 1. The van der Waals surface area contributed by atoms with Gasteiger partial charge in [0.25, 0.3) is 0 Å². The van der Waals surface area contributed by atoms with Crippen LogP contribution in [0.1, 0.15) is 32.8 Å². The molecule has 2 rings (SSSR count). The summed E-state index contributed by atoms with van der Waals surface area (Å²) < 4.78 is 5.86. The monoisotopic (exact) mass is 290 g/mol. The molecule has 0 aliphatic carbocycles. The summed E-state index contributed by atoms with van der Waals surface area (Å²) in [4.78, 5) is 2.53. The summed E-state index contributed by atoms with van der Waals surface area (Å²) in [6.45, 7) is 13.0. The SMILES string of the molecule is CCNCc1ccc(OCCN2CCC(C(C)C)C2)cc1. The van der Waals surface area contributed by atoms with E-state index in [4.69, 9.17) is 4.74 Å². The lowest BCUT2D eigenvalue weighted by Gasteiger charge is -2.18. The predicted molar refractivity (Wildman–Crippen MR) is 88.7 cm³/mol. The van der Waals surface area contributed by atoms with E-state index in [2.05, 4.69) is 55.3 Å². The van der Waals surface area contributed by atoms with Gasteiger partial charge in [-0.3, -0.25) is 4.90 Å². The second kappa shape index (κ2) is 8.40. The van der Waals surface area contributed by atoms with E-state index in [1.165, 1.54) is 25.1 Å². The molecule has 0 amide bonds. The standard InChI is InChI=1S/C18H30N2O/c1-4-19-13-16-5-7-18(8-6-16)21-12-11-20-10-9-17(14-20)15(2)3/h5-8,15,17,19H,4,9-14H2,1-3H3. The number of rotatable bonds is 8. The lowest BCUT2D eigenvalue weighted by atomic mass is 9.95. The van der Waals surface area contributed by atoms with Crippen LogP contribution in [0.3, 0.4) is 0 Å². The van der Waals surface area contributed by atoms with Gasteiger partial charge in [0.1, 0.15) is 12.4 Å². The molecule has 1 N–H and O–H groups in total. The minimum Gasteiger partial charge on any atom is -0.492 e. The van der Waals surface area contributed by atoms with Crippen molar-refractivity contribution < 1.29 is 4.74 Å². The van der Waals surface area contributed by atoms with Crippen molar-refractivity contribution in [2.75, 3.05) is 32.8 Å². The van der Waals surface area contributed by atoms with Crippen LogP contribution in [0, 0.1) is 11.8 Å². The van der Waals surface area contributed by atoms with Gasteiger partial charge in [0.05, 0.1) is 0 Å². The lowest BCUT2D eigenvalue weighted by molar-refractivity contribution is 0.227. The maximum atomic E-state index is 5.86. The Morgan fingerprint density at radius 3 is 2.67 bits per heavy atom. The number of hydrogen-bond acceptors (Lipinski definition) is 3. The van der Waals surface area contributed by atoms with Gasteiger partial charge in [-0.15, -0.1) is 0 Å². The molecule has 3 nitrogen and oxygen atoms in total. The average Bonchev–Trinajstić information content (AvgIpc) is 2.95. The van der Waals surface area contributed by atoms with Crippen LogP contribution in [0.15, 0.2) is 24.3 Å². The molecule has 21 heavy (non-hydrogen) atoms. The van der Waals surface area contributed by atoms with Crippen molar-refractivity contribution in [2.24, 2.45) is 11.8 Å². The van der Waals surface area contributed by atoms with Crippen LogP contribution in [0.2, 0.25) is 0 Å². The van der Waals surface area contributed by atoms with Crippen molar-refractivity contribution >= 4 is 0 Å². The van der Waals surface area contributed by atoms with Crippen LogP contribution >= 0.6 is 0 Å². The number of benzene rings is 1. The summed E-state index contributed by atoms with van der Waals surface area (Å²) in [6, 6.07) is 8.44. The molecule has 1 aromatic carbocycles. The van der Waals surface area contributed by atoms with Gasteiger partial charge in [0.2, 0.25) is 0 Å².